The summed E-state index contributed by atoms with van der Waals surface area (Å²) in [6.45, 7) is 2.04. The summed E-state index contributed by atoms with van der Waals surface area (Å²) in [5, 5.41) is 1.27. The summed E-state index contributed by atoms with van der Waals surface area (Å²) in [6.07, 6.45) is 1.60. The van der Waals surface area contributed by atoms with Crippen molar-refractivity contribution < 1.29 is 14.3 Å². The molecule has 0 saturated carbocycles. The molecule has 1 heterocycles. The van der Waals surface area contributed by atoms with Crippen LogP contribution in [0.1, 0.15) is 18.9 Å². The smallest absolute Gasteiger partial charge is 0.136 e. The lowest BCUT2D eigenvalue weighted by atomic mass is 9.97. The molecule has 3 aromatic carbocycles. The first-order valence-corrected chi connectivity index (χ1v) is 11.3. The second-order valence-corrected chi connectivity index (χ2v) is 8.76. The van der Waals surface area contributed by atoms with E-state index in [4.69, 9.17) is 9.47 Å². The molecule has 0 saturated heterocycles. The van der Waals surface area contributed by atoms with Crippen LogP contribution in [0.25, 0.3) is 20.5 Å². The van der Waals surface area contributed by atoms with Gasteiger partial charge in [-0.3, -0.25) is 4.79 Å². The van der Waals surface area contributed by atoms with Gasteiger partial charge in [-0.1, -0.05) is 30.3 Å². The molecule has 0 spiro atoms. The van der Waals surface area contributed by atoms with Crippen LogP contribution in [0.5, 0.6) is 11.5 Å². The first-order chi connectivity index (χ1) is 15.1. The highest BCUT2D eigenvalue weighted by atomic mass is 32.1. The van der Waals surface area contributed by atoms with Crippen LogP contribution in [0.15, 0.2) is 78.9 Å². The monoisotopic (exact) mass is 430 g/mol. The molecule has 4 aromatic rings. The van der Waals surface area contributed by atoms with Crippen molar-refractivity contribution in [3.05, 3.63) is 84.4 Å². The van der Waals surface area contributed by atoms with E-state index in [1.165, 1.54) is 26.1 Å². The topological polar surface area (TPSA) is 35.5 Å². The molecule has 1 unspecified atom stereocenters. The van der Waals surface area contributed by atoms with Gasteiger partial charge in [0.2, 0.25) is 0 Å². The third kappa shape index (κ3) is 5.33. The molecule has 158 valence electrons. The number of ketones is 1. The minimum atomic E-state index is -0.121. The minimum Gasteiger partial charge on any atom is -0.497 e. The van der Waals surface area contributed by atoms with E-state index in [0.29, 0.717) is 6.61 Å². The zero-order chi connectivity index (χ0) is 21.6. The van der Waals surface area contributed by atoms with Crippen LogP contribution < -0.4 is 9.47 Å². The summed E-state index contributed by atoms with van der Waals surface area (Å²) in [5.41, 5.74) is 2.37. The maximum Gasteiger partial charge on any atom is 0.136 e. The van der Waals surface area contributed by atoms with Crippen molar-refractivity contribution in [3.8, 4) is 21.9 Å². The Kier molecular flexibility index (Phi) is 6.68. The number of carbonyl (C=O) groups is 1. The molecule has 4 rings (SSSR count). The zero-order valence-electron chi connectivity index (χ0n) is 17.8. The minimum absolute atomic E-state index is 0.121. The number of fused-ring (bicyclic) bond motifs is 1. The molecule has 3 nitrogen and oxygen atoms in total. The number of methoxy groups -OCH3 is 1. The van der Waals surface area contributed by atoms with Crippen molar-refractivity contribution in [3.63, 3.8) is 0 Å². The molecule has 1 aromatic heterocycles. The van der Waals surface area contributed by atoms with Crippen molar-refractivity contribution in [1.29, 1.82) is 0 Å². The van der Waals surface area contributed by atoms with Gasteiger partial charge in [-0.25, -0.2) is 0 Å². The highest BCUT2D eigenvalue weighted by molar-refractivity contribution is 7.22. The van der Waals surface area contributed by atoms with Gasteiger partial charge in [0.1, 0.15) is 17.3 Å². The van der Waals surface area contributed by atoms with Gasteiger partial charge in [-0.15, -0.1) is 11.3 Å². The lowest BCUT2D eigenvalue weighted by Gasteiger charge is -2.15. The van der Waals surface area contributed by atoms with Crippen LogP contribution in [0.2, 0.25) is 0 Å². The number of aryl methyl sites for hydroxylation is 1. The number of hydrogen-bond donors (Lipinski definition) is 0. The molecule has 1 atom stereocenters. The first kappa shape index (κ1) is 21.1. The van der Waals surface area contributed by atoms with Gasteiger partial charge in [0, 0.05) is 9.58 Å². The molecule has 0 N–H and O–H groups in total. The molecule has 0 aliphatic carbocycles. The lowest BCUT2D eigenvalue weighted by molar-refractivity contribution is -0.121. The number of carbonyl (C=O) groups excluding carboxylic acids is 1. The van der Waals surface area contributed by atoms with Crippen LogP contribution in [-0.2, 0) is 11.2 Å². The van der Waals surface area contributed by atoms with E-state index < -0.39 is 0 Å². The van der Waals surface area contributed by atoms with Crippen LogP contribution in [-0.4, -0.2) is 19.5 Å². The average molecular weight is 431 g/mol. The van der Waals surface area contributed by atoms with Crippen molar-refractivity contribution >= 4 is 27.2 Å². The summed E-state index contributed by atoms with van der Waals surface area (Å²) in [4.78, 5) is 13.4. The Morgan fingerprint density at radius 1 is 0.935 bits per heavy atom. The number of thiophene rings is 1. The van der Waals surface area contributed by atoms with Gasteiger partial charge in [0.25, 0.3) is 0 Å². The van der Waals surface area contributed by atoms with E-state index in [-0.39, 0.29) is 11.7 Å². The van der Waals surface area contributed by atoms with Crippen molar-refractivity contribution in [2.75, 3.05) is 13.7 Å². The second-order valence-electron chi connectivity index (χ2n) is 7.68. The average Bonchev–Trinajstić information content (AvgIpc) is 3.24. The summed E-state index contributed by atoms with van der Waals surface area (Å²) in [6, 6.07) is 26.8. The number of hydrogen-bond acceptors (Lipinski definition) is 4. The number of benzene rings is 3. The van der Waals surface area contributed by atoms with E-state index in [0.717, 1.165) is 24.3 Å². The molecule has 0 amide bonds. The third-order valence-electron chi connectivity index (χ3n) is 5.53. The fraction of sp³-hybridized carbons (Fsp3) is 0.222. The van der Waals surface area contributed by atoms with E-state index in [9.17, 15) is 4.79 Å². The van der Waals surface area contributed by atoms with Crippen LogP contribution in [0, 0.1) is 5.92 Å². The number of rotatable bonds is 9. The normalized spacial score (nSPS) is 11.9. The lowest BCUT2D eigenvalue weighted by Crippen LogP contribution is -2.20. The van der Waals surface area contributed by atoms with Gasteiger partial charge in [-0.05, 0) is 84.8 Å². The van der Waals surface area contributed by atoms with E-state index >= 15 is 0 Å². The molecular formula is C27H26O3S. The van der Waals surface area contributed by atoms with Crippen LogP contribution in [0.4, 0.5) is 0 Å². The Balaban J connectivity index is 1.35. The summed E-state index contributed by atoms with van der Waals surface area (Å²) in [7, 11) is 1.66. The molecular weight excluding hydrogens is 404 g/mol. The second kappa shape index (κ2) is 9.80. The third-order valence-corrected chi connectivity index (χ3v) is 6.70. The van der Waals surface area contributed by atoms with Gasteiger partial charge in [0.05, 0.1) is 19.6 Å². The predicted octanol–water partition coefficient (Wildman–Crippen LogP) is 6.79. The predicted molar refractivity (Wildman–Crippen MR) is 128 cm³/mol. The Morgan fingerprint density at radius 2 is 1.65 bits per heavy atom. The highest BCUT2D eigenvalue weighted by Crippen LogP contribution is 2.34. The van der Waals surface area contributed by atoms with Gasteiger partial charge >= 0.3 is 0 Å². The van der Waals surface area contributed by atoms with E-state index in [1.807, 2.05) is 36.4 Å². The Labute approximate surface area is 187 Å². The molecule has 31 heavy (non-hydrogen) atoms. The number of ether oxygens (including phenoxy) is 2. The van der Waals surface area contributed by atoms with Crippen molar-refractivity contribution in [2.45, 2.75) is 19.8 Å². The Bertz CT molecular complexity index is 1110. The first-order valence-electron chi connectivity index (χ1n) is 10.5. The van der Waals surface area contributed by atoms with Crippen LogP contribution in [0.3, 0.4) is 0 Å². The summed E-state index contributed by atoms with van der Waals surface area (Å²) in [5.74, 6) is 1.68. The fourth-order valence-electron chi connectivity index (χ4n) is 3.57. The largest absolute Gasteiger partial charge is 0.497 e. The molecule has 4 heteroatoms. The Hall–Kier alpha value is -3.11. The highest BCUT2D eigenvalue weighted by Gasteiger charge is 2.15. The van der Waals surface area contributed by atoms with E-state index in [1.54, 1.807) is 25.4 Å². The number of Topliss-reactive ketones (excluding diaryl/α,β-unsaturated/α-hetero) is 1. The van der Waals surface area contributed by atoms with E-state index in [2.05, 4.69) is 42.5 Å². The molecule has 0 aliphatic rings. The SMILES string of the molecule is COc1ccc(CCC(COc2ccc(-c3cc4ccccc4s3)cc2)C(C)=O)cc1. The summed E-state index contributed by atoms with van der Waals surface area (Å²) < 4.78 is 12.5. The van der Waals surface area contributed by atoms with Crippen molar-refractivity contribution in [1.82, 2.24) is 0 Å². The Morgan fingerprint density at radius 3 is 2.32 bits per heavy atom. The quantitative estimate of drug-likeness (QED) is 0.293. The zero-order valence-corrected chi connectivity index (χ0v) is 18.7. The molecule has 0 bridgehead atoms. The van der Waals surface area contributed by atoms with Gasteiger partial charge in [0.15, 0.2) is 0 Å². The molecule has 0 fully saturated rings. The van der Waals surface area contributed by atoms with Crippen LogP contribution >= 0.6 is 11.3 Å². The standard InChI is InChI=1S/C27H26O3S/c1-19(28)23(10-7-20-8-13-24(29-2)14-9-20)18-30-25-15-11-21(12-16-25)27-17-22-5-3-4-6-26(22)31-27/h3-6,8-9,11-17,23H,7,10,18H2,1-2H3. The van der Waals surface area contributed by atoms with Gasteiger partial charge < -0.3 is 9.47 Å². The molecule has 0 radical (unpaired) electrons. The maximum absolute atomic E-state index is 12.1. The van der Waals surface area contributed by atoms with Crippen molar-refractivity contribution in [2.24, 2.45) is 5.92 Å². The fourth-order valence-corrected chi connectivity index (χ4v) is 4.64. The van der Waals surface area contributed by atoms with Gasteiger partial charge in [-0.2, -0.15) is 0 Å². The molecule has 0 aliphatic heterocycles. The summed E-state index contributed by atoms with van der Waals surface area (Å²) >= 11 is 1.79. The maximum atomic E-state index is 12.1.